The number of pyridine rings is 1. The SMILES string of the molecule is O=C(c1cccnc1)C1CNCCC12CCNCC2. The van der Waals surface area contributed by atoms with Crippen molar-refractivity contribution in [2.75, 3.05) is 26.2 Å². The van der Waals surface area contributed by atoms with Crippen LogP contribution in [-0.2, 0) is 0 Å². The average Bonchev–Trinajstić information content (AvgIpc) is 2.49. The van der Waals surface area contributed by atoms with Crippen LogP contribution in [-0.4, -0.2) is 36.9 Å². The fraction of sp³-hybridized carbons (Fsp3) is 0.600. The molecule has 0 saturated carbocycles. The molecule has 0 amide bonds. The summed E-state index contributed by atoms with van der Waals surface area (Å²) in [6.45, 7) is 3.93. The highest BCUT2D eigenvalue weighted by Gasteiger charge is 2.45. The quantitative estimate of drug-likeness (QED) is 0.785. The molecule has 2 saturated heterocycles. The molecule has 1 atom stereocenters. The van der Waals surface area contributed by atoms with Crippen LogP contribution in [0.2, 0.25) is 0 Å². The molecule has 2 N–H and O–H groups in total. The van der Waals surface area contributed by atoms with Crippen LogP contribution in [0.3, 0.4) is 0 Å². The van der Waals surface area contributed by atoms with E-state index in [1.54, 1.807) is 12.4 Å². The summed E-state index contributed by atoms with van der Waals surface area (Å²) >= 11 is 0. The Bertz CT molecular complexity index is 432. The highest BCUT2D eigenvalue weighted by molar-refractivity contribution is 5.98. The van der Waals surface area contributed by atoms with E-state index in [0.29, 0.717) is 0 Å². The number of carbonyl (C=O) groups excluding carboxylic acids is 1. The van der Waals surface area contributed by atoms with Gasteiger partial charge in [0, 0.05) is 30.4 Å². The number of piperidine rings is 2. The van der Waals surface area contributed by atoms with Gasteiger partial charge in [-0.1, -0.05) is 0 Å². The second-order valence-corrected chi connectivity index (χ2v) is 5.73. The van der Waals surface area contributed by atoms with Crippen molar-refractivity contribution in [3.8, 4) is 0 Å². The number of nitrogens with one attached hydrogen (secondary N) is 2. The topological polar surface area (TPSA) is 54.0 Å². The Morgan fingerprint density at radius 2 is 1.95 bits per heavy atom. The zero-order chi connectivity index (χ0) is 13.1. The number of carbonyl (C=O) groups is 1. The molecular formula is C15H21N3O. The average molecular weight is 259 g/mol. The standard InChI is InChI=1S/C15H21N3O/c19-14(12-2-1-6-17-10-12)13-11-18-9-5-15(13)3-7-16-8-4-15/h1-2,6,10,13,16,18H,3-5,7-9,11H2. The van der Waals surface area contributed by atoms with Gasteiger partial charge in [-0.25, -0.2) is 0 Å². The van der Waals surface area contributed by atoms with Gasteiger partial charge in [0.1, 0.15) is 0 Å². The Morgan fingerprint density at radius 1 is 1.21 bits per heavy atom. The molecule has 0 aromatic carbocycles. The molecule has 2 aliphatic heterocycles. The van der Waals surface area contributed by atoms with E-state index in [0.717, 1.165) is 51.0 Å². The van der Waals surface area contributed by atoms with Gasteiger partial charge in [0.25, 0.3) is 0 Å². The van der Waals surface area contributed by atoms with Crippen LogP contribution in [0.1, 0.15) is 29.6 Å². The van der Waals surface area contributed by atoms with Crippen LogP contribution >= 0.6 is 0 Å². The Morgan fingerprint density at radius 3 is 2.63 bits per heavy atom. The van der Waals surface area contributed by atoms with Crippen LogP contribution in [0.15, 0.2) is 24.5 Å². The number of nitrogens with zero attached hydrogens (tertiary/aromatic N) is 1. The Hall–Kier alpha value is -1.26. The maximum atomic E-state index is 12.8. The number of rotatable bonds is 2. The summed E-state index contributed by atoms with van der Waals surface area (Å²) in [6.07, 6.45) is 6.77. The molecule has 2 aliphatic rings. The van der Waals surface area contributed by atoms with Crippen molar-refractivity contribution in [3.63, 3.8) is 0 Å². The van der Waals surface area contributed by atoms with Crippen molar-refractivity contribution < 1.29 is 4.79 Å². The van der Waals surface area contributed by atoms with Gasteiger partial charge < -0.3 is 10.6 Å². The van der Waals surface area contributed by atoms with Crippen LogP contribution in [0.4, 0.5) is 0 Å². The molecule has 102 valence electrons. The van der Waals surface area contributed by atoms with E-state index in [1.807, 2.05) is 12.1 Å². The zero-order valence-electron chi connectivity index (χ0n) is 11.2. The lowest BCUT2D eigenvalue weighted by atomic mass is 9.63. The van der Waals surface area contributed by atoms with E-state index in [1.165, 1.54) is 0 Å². The fourth-order valence-corrected chi connectivity index (χ4v) is 3.58. The maximum Gasteiger partial charge on any atom is 0.169 e. The second-order valence-electron chi connectivity index (χ2n) is 5.73. The molecular weight excluding hydrogens is 238 g/mol. The number of aromatic nitrogens is 1. The van der Waals surface area contributed by atoms with E-state index in [9.17, 15) is 4.79 Å². The first-order valence-corrected chi connectivity index (χ1v) is 7.18. The van der Waals surface area contributed by atoms with E-state index in [-0.39, 0.29) is 17.1 Å². The predicted molar refractivity (Wildman–Crippen MR) is 74.1 cm³/mol. The van der Waals surface area contributed by atoms with E-state index in [2.05, 4.69) is 15.6 Å². The summed E-state index contributed by atoms with van der Waals surface area (Å²) in [6, 6.07) is 3.73. The molecule has 1 unspecified atom stereocenters. The smallest absolute Gasteiger partial charge is 0.169 e. The van der Waals surface area contributed by atoms with Gasteiger partial charge in [0.05, 0.1) is 0 Å². The second kappa shape index (κ2) is 5.39. The van der Waals surface area contributed by atoms with Crippen LogP contribution in [0.25, 0.3) is 0 Å². The molecule has 0 radical (unpaired) electrons. The van der Waals surface area contributed by atoms with E-state index in [4.69, 9.17) is 0 Å². The summed E-state index contributed by atoms with van der Waals surface area (Å²) in [5, 5.41) is 6.81. The summed E-state index contributed by atoms with van der Waals surface area (Å²) < 4.78 is 0. The third-order valence-corrected chi connectivity index (χ3v) is 4.75. The first-order valence-electron chi connectivity index (χ1n) is 7.18. The van der Waals surface area contributed by atoms with Gasteiger partial charge in [-0.05, 0) is 56.4 Å². The highest BCUT2D eigenvalue weighted by Crippen LogP contribution is 2.43. The third kappa shape index (κ3) is 2.42. The lowest BCUT2D eigenvalue weighted by Gasteiger charge is -2.46. The lowest BCUT2D eigenvalue weighted by Crippen LogP contribution is -2.53. The maximum absolute atomic E-state index is 12.8. The van der Waals surface area contributed by atoms with Crippen molar-refractivity contribution in [1.29, 1.82) is 0 Å². The van der Waals surface area contributed by atoms with Crippen LogP contribution in [0, 0.1) is 11.3 Å². The van der Waals surface area contributed by atoms with Gasteiger partial charge in [-0.15, -0.1) is 0 Å². The molecule has 0 aliphatic carbocycles. The third-order valence-electron chi connectivity index (χ3n) is 4.75. The molecule has 19 heavy (non-hydrogen) atoms. The van der Waals surface area contributed by atoms with Crippen LogP contribution in [0.5, 0.6) is 0 Å². The van der Waals surface area contributed by atoms with Gasteiger partial charge in [-0.3, -0.25) is 9.78 Å². The van der Waals surface area contributed by atoms with Gasteiger partial charge >= 0.3 is 0 Å². The van der Waals surface area contributed by atoms with Crippen molar-refractivity contribution in [2.45, 2.75) is 19.3 Å². The molecule has 1 aromatic rings. The van der Waals surface area contributed by atoms with Crippen molar-refractivity contribution in [2.24, 2.45) is 11.3 Å². The number of ketones is 1. The van der Waals surface area contributed by atoms with Crippen molar-refractivity contribution in [1.82, 2.24) is 15.6 Å². The molecule has 4 nitrogen and oxygen atoms in total. The summed E-state index contributed by atoms with van der Waals surface area (Å²) in [7, 11) is 0. The first kappa shape index (κ1) is 12.8. The zero-order valence-corrected chi connectivity index (χ0v) is 11.2. The molecule has 0 bridgehead atoms. The van der Waals surface area contributed by atoms with E-state index < -0.39 is 0 Å². The van der Waals surface area contributed by atoms with E-state index >= 15 is 0 Å². The fourth-order valence-electron chi connectivity index (χ4n) is 3.58. The molecule has 3 rings (SSSR count). The van der Waals surface area contributed by atoms with Gasteiger partial charge in [0.2, 0.25) is 0 Å². The minimum Gasteiger partial charge on any atom is -0.317 e. The summed E-state index contributed by atoms with van der Waals surface area (Å²) in [5.74, 6) is 0.370. The summed E-state index contributed by atoms with van der Waals surface area (Å²) in [5.41, 5.74) is 0.956. The molecule has 2 fully saturated rings. The number of hydrogen-bond donors (Lipinski definition) is 2. The van der Waals surface area contributed by atoms with Crippen molar-refractivity contribution in [3.05, 3.63) is 30.1 Å². The molecule has 3 heterocycles. The Labute approximate surface area is 114 Å². The number of hydrogen-bond acceptors (Lipinski definition) is 4. The number of Topliss-reactive ketones (excluding diaryl/α,β-unsaturated/α-hetero) is 1. The lowest BCUT2D eigenvalue weighted by molar-refractivity contribution is 0.0491. The minimum absolute atomic E-state index is 0.104. The van der Waals surface area contributed by atoms with Gasteiger partial charge in [-0.2, -0.15) is 0 Å². The first-order chi connectivity index (χ1) is 9.32. The molecule has 1 spiro atoms. The highest BCUT2D eigenvalue weighted by atomic mass is 16.1. The Kier molecular flexibility index (Phi) is 3.62. The van der Waals surface area contributed by atoms with Crippen LogP contribution < -0.4 is 10.6 Å². The molecule has 4 heteroatoms. The summed E-state index contributed by atoms with van der Waals surface area (Å²) in [4.78, 5) is 16.9. The Balaban J connectivity index is 1.86. The predicted octanol–water partition coefficient (Wildman–Crippen LogP) is 1.24. The normalized spacial score (nSPS) is 26.2. The van der Waals surface area contributed by atoms with Crippen molar-refractivity contribution >= 4 is 5.78 Å². The van der Waals surface area contributed by atoms with Gasteiger partial charge in [0.15, 0.2) is 5.78 Å². The molecule has 1 aromatic heterocycles. The monoisotopic (exact) mass is 259 g/mol. The minimum atomic E-state index is 0.104. The largest absolute Gasteiger partial charge is 0.317 e.